The van der Waals surface area contributed by atoms with E-state index in [4.69, 9.17) is 33.3 Å². The molecule has 1 aromatic rings. The minimum Gasteiger partial charge on any atom is -0.491 e. The third-order valence-corrected chi connectivity index (χ3v) is 2.77. The van der Waals surface area contributed by atoms with Gasteiger partial charge in [0.1, 0.15) is 0 Å². The highest BCUT2D eigenvalue weighted by atomic mass is 35.5. The summed E-state index contributed by atoms with van der Waals surface area (Å²) in [6.07, 6.45) is 1.61. The molecule has 7 heteroatoms. The Morgan fingerprint density at radius 2 is 2.20 bits per heavy atom. The van der Waals surface area contributed by atoms with Gasteiger partial charge in [0.05, 0.1) is 25.0 Å². The van der Waals surface area contributed by atoms with Crippen molar-refractivity contribution in [3.05, 3.63) is 22.7 Å². The van der Waals surface area contributed by atoms with Gasteiger partial charge in [-0.3, -0.25) is 5.43 Å². The number of thiocarbonyl (C=S) groups is 1. The van der Waals surface area contributed by atoms with Crippen molar-refractivity contribution in [2.45, 2.75) is 13.8 Å². The molecule has 0 aromatic heterocycles. The highest BCUT2D eigenvalue weighted by molar-refractivity contribution is 7.80. The van der Waals surface area contributed by atoms with E-state index in [0.717, 1.165) is 12.1 Å². The molecule has 0 bridgehead atoms. The van der Waals surface area contributed by atoms with Crippen LogP contribution in [0.2, 0.25) is 5.02 Å². The number of ether oxygens (including phenoxy) is 2. The Bertz CT molecular complexity index is 495. The Morgan fingerprint density at radius 3 is 2.80 bits per heavy atom. The fourth-order valence-electron chi connectivity index (χ4n) is 1.49. The van der Waals surface area contributed by atoms with Crippen LogP contribution >= 0.6 is 23.8 Å². The summed E-state index contributed by atoms with van der Waals surface area (Å²) in [5.41, 5.74) is 3.49. The molecule has 0 aliphatic carbocycles. The van der Waals surface area contributed by atoms with Gasteiger partial charge in [-0.05, 0) is 43.8 Å². The van der Waals surface area contributed by atoms with E-state index in [1.54, 1.807) is 25.5 Å². The maximum Gasteiger partial charge on any atom is 0.186 e. The molecule has 110 valence electrons. The van der Waals surface area contributed by atoms with E-state index < -0.39 is 0 Å². The summed E-state index contributed by atoms with van der Waals surface area (Å²) in [6.45, 7) is 5.11. The van der Waals surface area contributed by atoms with Crippen molar-refractivity contribution in [2.24, 2.45) is 5.10 Å². The van der Waals surface area contributed by atoms with Crippen molar-refractivity contribution in [3.8, 4) is 11.5 Å². The monoisotopic (exact) mass is 315 g/mol. The first-order valence-electron chi connectivity index (χ1n) is 6.19. The van der Waals surface area contributed by atoms with Crippen LogP contribution < -0.4 is 20.2 Å². The van der Waals surface area contributed by atoms with Crippen LogP contribution in [0.5, 0.6) is 11.5 Å². The Balaban J connectivity index is 2.85. The summed E-state index contributed by atoms with van der Waals surface area (Å²) in [5.74, 6) is 1.10. The lowest BCUT2D eigenvalue weighted by molar-refractivity contribution is 0.311. The number of halogens is 1. The van der Waals surface area contributed by atoms with Gasteiger partial charge in [-0.25, -0.2) is 0 Å². The Kier molecular flexibility index (Phi) is 7.11. The van der Waals surface area contributed by atoms with Gasteiger partial charge in [-0.1, -0.05) is 11.6 Å². The zero-order valence-electron chi connectivity index (χ0n) is 11.7. The lowest BCUT2D eigenvalue weighted by atomic mass is 10.2. The van der Waals surface area contributed by atoms with Crippen LogP contribution in [0.25, 0.3) is 0 Å². The van der Waals surface area contributed by atoms with Crippen molar-refractivity contribution in [3.63, 3.8) is 0 Å². The van der Waals surface area contributed by atoms with Crippen LogP contribution in [-0.2, 0) is 0 Å². The predicted molar refractivity (Wildman–Crippen MR) is 86.2 cm³/mol. The second-order valence-electron chi connectivity index (χ2n) is 3.70. The van der Waals surface area contributed by atoms with Crippen LogP contribution in [0.1, 0.15) is 19.4 Å². The lowest BCUT2D eigenvalue weighted by Crippen LogP contribution is -2.31. The number of nitrogens with one attached hydrogen (secondary N) is 2. The van der Waals surface area contributed by atoms with E-state index >= 15 is 0 Å². The third kappa shape index (κ3) is 4.86. The minimum absolute atomic E-state index is 0.466. The zero-order valence-corrected chi connectivity index (χ0v) is 13.3. The second kappa shape index (κ2) is 8.60. The molecule has 20 heavy (non-hydrogen) atoms. The molecule has 1 rings (SSSR count). The van der Waals surface area contributed by atoms with Crippen LogP contribution in [0.4, 0.5) is 0 Å². The molecular formula is C13H18ClN3O2S. The molecule has 0 radical (unpaired) electrons. The topological polar surface area (TPSA) is 54.9 Å². The van der Waals surface area contributed by atoms with E-state index in [0.29, 0.717) is 28.2 Å². The van der Waals surface area contributed by atoms with Crippen molar-refractivity contribution < 1.29 is 9.47 Å². The van der Waals surface area contributed by atoms with E-state index in [9.17, 15) is 0 Å². The van der Waals surface area contributed by atoms with E-state index in [1.165, 1.54) is 0 Å². The fourth-order valence-corrected chi connectivity index (χ4v) is 1.98. The lowest BCUT2D eigenvalue weighted by Gasteiger charge is -2.11. The highest BCUT2D eigenvalue weighted by Gasteiger charge is 2.10. The second-order valence-corrected chi connectivity index (χ2v) is 4.51. The molecule has 0 saturated heterocycles. The number of hydrogen-bond donors (Lipinski definition) is 2. The van der Waals surface area contributed by atoms with Crippen molar-refractivity contribution in [2.75, 3.05) is 20.3 Å². The first-order chi connectivity index (χ1) is 9.62. The summed E-state index contributed by atoms with van der Waals surface area (Å²) >= 11 is 11.1. The first kappa shape index (κ1) is 16.5. The highest BCUT2D eigenvalue weighted by Crippen LogP contribution is 2.35. The number of nitrogens with zero attached hydrogens (tertiary/aromatic N) is 1. The molecule has 5 nitrogen and oxygen atoms in total. The normalized spacial score (nSPS) is 10.4. The van der Waals surface area contributed by atoms with Gasteiger partial charge in [0, 0.05) is 6.54 Å². The van der Waals surface area contributed by atoms with Gasteiger partial charge in [0.15, 0.2) is 16.6 Å². The standard InChI is InChI=1S/C13H18ClN3O2S/c1-4-15-13(20)17-16-8-9-6-10(14)12(18-3)11(7-9)19-5-2/h6-8H,4-5H2,1-3H3,(H2,15,17,20)/b16-8+. The summed E-state index contributed by atoms with van der Waals surface area (Å²) in [5, 5.41) is 7.89. The smallest absolute Gasteiger partial charge is 0.186 e. The number of rotatable bonds is 6. The molecule has 2 N–H and O–H groups in total. The quantitative estimate of drug-likeness (QED) is 0.480. The first-order valence-corrected chi connectivity index (χ1v) is 6.98. The predicted octanol–water partition coefficient (Wildman–Crippen LogP) is 2.57. The maximum absolute atomic E-state index is 6.14. The van der Waals surface area contributed by atoms with Gasteiger partial charge in [0.25, 0.3) is 0 Å². The molecule has 0 spiro atoms. The molecule has 0 aliphatic heterocycles. The third-order valence-electron chi connectivity index (χ3n) is 2.25. The fraction of sp³-hybridized carbons (Fsp3) is 0.385. The van der Waals surface area contributed by atoms with Crippen LogP contribution in [-0.4, -0.2) is 31.6 Å². The summed E-state index contributed by atoms with van der Waals surface area (Å²) in [7, 11) is 1.55. The molecule has 0 fully saturated rings. The van der Waals surface area contributed by atoms with E-state index in [2.05, 4.69) is 15.8 Å². The molecule has 0 saturated carbocycles. The number of hydrazone groups is 1. The van der Waals surface area contributed by atoms with Crippen LogP contribution in [0, 0.1) is 0 Å². The largest absolute Gasteiger partial charge is 0.491 e. The average molecular weight is 316 g/mol. The Hall–Kier alpha value is -1.53. The Labute approximate surface area is 129 Å². The number of benzene rings is 1. The molecule has 0 amide bonds. The molecule has 0 aliphatic rings. The minimum atomic E-state index is 0.466. The van der Waals surface area contributed by atoms with Crippen LogP contribution in [0.15, 0.2) is 17.2 Å². The van der Waals surface area contributed by atoms with E-state index in [1.807, 2.05) is 13.8 Å². The number of hydrogen-bond acceptors (Lipinski definition) is 4. The van der Waals surface area contributed by atoms with Gasteiger partial charge in [0.2, 0.25) is 0 Å². The van der Waals surface area contributed by atoms with Crippen molar-refractivity contribution >= 4 is 35.1 Å². The maximum atomic E-state index is 6.14. The van der Waals surface area contributed by atoms with Gasteiger partial charge in [-0.2, -0.15) is 5.10 Å². The summed E-state index contributed by atoms with van der Waals surface area (Å²) in [6, 6.07) is 3.54. The summed E-state index contributed by atoms with van der Waals surface area (Å²) in [4.78, 5) is 0. The SMILES string of the molecule is CCNC(=S)N/N=C/c1cc(Cl)c(OC)c(OCC)c1. The zero-order chi connectivity index (χ0) is 15.0. The van der Waals surface area contributed by atoms with Gasteiger partial charge >= 0.3 is 0 Å². The van der Waals surface area contributed by atoms with Gasteiger partial charge in [-0.15, -0.1) is 0 Å². The molecule has 0 unspecified atom stereocenters. The molecule has 0 heterocycles. The average Bonchev–Trinajstić information content (AvgIpc) is 2.39. The summed E-state index contributed by atoms with van der Waals surface area (Å²) < 4.78 is 10.7. The van der Waals surface area contributed by atoms with Crippen molar-refractivity contribution in [1.29, 1.82) is 0 Å². The molecule has 1 aromatic carbocycles. The van der Waals surface area contributed by atoms with E-state index in [-0.39, 0.29) is 0 Å². The van der Waals surface area contributed by atoms with Gasteiger partial charge < -0.3 is 14.8 Å². The van der Waals surface area contributed by atoms with Crippen LogP contribution in [0.3, 0.4) is 0 Å². The Morgan fingerprint density at radius 1 is 1.45 bits per heavy atom. The molecule has 0 atom stereocenters. The number of methoxy groups -OCH3 is 1. The molecular weight excluding hydrogens is 298 g/mol. The van der Waals surface area contributed by atoms with Crippen molar-refractivity contribution in [1.82, 2.24) is 10.7 Å².